The quantitative estimate of drug-likeness (QED) is 0.632. The molecular weight excluding hydrogens is 304 g/mol. The summed E-state index contributed by atoms with van der Waals surface area (Å²) in [6.45, 7) is 3.90. The van der Waals surface area contributed by atoms with Crippen molar-refractivity contribution in [3.63, 3.8) is 0 Å². The lowest BCUT2D eigenvalue weighted by molar-refractivity contribution is 0.579. The summed E-state index contributed by atoms with van der Waals surface area (Å²) in [6, 6.07) is 5.61. The summed E-state index contributed by atoms with van der Waals surface area (Å²) in [5, 5.41) is 10.4. The highest BCUT2D eigenvalue weighted by Crippen LogP contribution is 2.08. The van der Waals surface area contributed by atoms with Crippen LogP contribution in [0.25, 0.3) is 0 Å². The normalized spacial score (nSPS) is 11.5. The molecule has 2 aromatic rings. The second kappa shape index (κ2) is 8.48. The summed E-state index contributed by atoms with van der Waals surface area (Å²) in [7, 11) is 0. The molecule has 0 amide bonds. The summed E-state index contributed by atoms with van der Waals surface area (Å²) in [5.41, 5.74) is 1.79. The van der Waals surface area contributed by atoms with Gasteiger partial charge in [0, 0.05) is 19.2 Å². The van der Waals surface area contributed by atoms with Crippen LogP contribution < -0.4 is 10.6 Å². The number of hydrogen-bond acceptors (Lipinski definition) is 2. The van der Waals surface area contributed by atoms with Crippen LogP contribution in [0.4, 0.5) is 8.78 Å². The van der Waals surface area contributed by atoms with E-state index in [4.69, 9.17) is 0 Å². The van der Waals surface area contributed by atoms with Crippen molar-refractivity contribution in [1.82, 2.24) is 10.6 Å². The Bertz CT molecular complexity index is 592. The Balaban J connectivity index is 1.87. The molecule has 0 aliphatic heterocycles. The highest BCUT2D eigenvalue weighted by molar-refractivity contribution is 7.07. The molecule has 1 aromatic carbocycles. The number of hydrogen-bond donors (Lipinski definition) is 2. The Morgan fingerprint density at radius 1 is 1.14 bits per heavy atom. The third-order valence-corrected chi connectivity index (χ3v) is 3.70. The van der Waals surface area contributed by atoms with E-state index in [9.17, 15) is 8.78 Å². The second-order valence-corrected chi connectivity index (χ2v) is 5.56. The topological polar surface area (TPSA) is 36.4 Å². The van der Waals surface area contributed by atoms with Gasteiger partial charge >= 0.3 is 0 Å². The lowest BCUT2D eigenvalue weighted by Crippen LogP contribution is -2.38. The number of nitrogens with one attached hydrogen (secondary N) is 2. The molecule has 2 N–H and O–H groups in total. The average molecular weight is 323 g/mol. The van der Waals surface area contributed by atoms with Crippen molar-refractivity contribution in [2.24, 2.45) is 4.99 Å². The van der Waals surface area contributed by atoms with E-state index in [0.717, 1.165) is 18.2 Å². The molecule has 22 heavy (non-hydrogen) atoms. The van der Waals surface area contributed by atoms with Crippen LogP contribution in [0.3, 0.4) is 0 Å². The van der Waals surface area contributed by atoms with Gasteiger partial charge in [-0.1, -0.05) is 0 Å². The van der Waals surface area contributed by atoms with E-state index in [0.29, 0.717) is 31.0 Å². The van der Waals surface area contributed by atoms with E-state index in [1.165, 1.54) is 12.1 Å². The van der Waals surface area contributed by atoms with Gasteiger partial charge in [0.05, 0.1) is 6.54 Å². The molecule has 1 aromatic heterocycles. The van der Waals surface area contributed by atoms with Crippen molar-refractivity contribution in [2.75, 3.05) is 13.1 Å². The first kappa shape index (κ1) is 16.4. The summed E-state index contributed by atoms with van der Waals surface area (Å²) < 4.78 is 26.2. The van der Waals surface area contributed by atoms with Gasteiger partial charge in [-0.3, -0.25) is 0 Å². The maximum atomic E-state index is 13.1. The number of rotatable bonds is 6. The molecule has 0 aliphatic carbocycles. The van der Waals surface area contributed by atoms with Crippen molar-refractivity contribution >= 4 is 17.3 Å². The monoisotopic (exact) mass is 323 g/mol. The number of aliphatic imine (C=N–C) groups is 1. The van der Waals surface area contributed by atoms with Gasteiger partial charge in [0.2, 0.25) is 0 Å². The molecule has 6 heteroatoms. The summed E-state index contributed by atoms with van der Waals surface area (Å²) in [6.07, 6.45) is 0.525. The summed E-state index contributed by atoms with van der Waals surface area (Å²) >= 11 is 1.64. The minimum Gasteiger partial charge on any atom is -0.357 e. The van der Waals surface area contributed by atoms with Crippen LogP contribution in [-0.4, -0.2) is 19.0 Å². The number of halogens is 2. The molecular formula is C16H19F2N3S. The highest BCUT2D eigenvalue weighted by atomic mass is 32.1. The molecule has 0 radical (unpaired) electrons. The van der Waals surface area contributed by atoms with Gasteiger partial charge in [-0.15, -0.1) is 0 Å². The second-order valence-electron chi connectivity index (χ2n) is 4.78. The van der Waals surface area contributed by atoms with Crippen LogP contribution in [0.5, 0.6) is 0 Å². The molecule has 0 spiro atoms. The van der Waals surface area contributed by atoms with Gasteiger partial charge < -0.3 is 10.6 Å². The number of thiophene rings is 1. The number of guanidine groups is 1. The first-order chi connectivity index (χ1) is 10.7. The van der Waals surface area contributed by atoms with Gasteiger partial charge in [0.25, 0.3) is 0 Å². The zero-order valence-electron chi connectivity index (χ0n) is 12.4. The standard InChI is InChI=1S/C16H19F2N3S/c1-2-19-16(21-10-13-4-6-22-11-13)20-5-3-12-7-14(17)9-15(18)8-12/h4,6-9,11H,2-3,5,10H2,1H3,(H2,19,20,21). The Labute approximate surface area is 133 Å². The number of nitrogens with zero attached hydrogens (tertiary/aromatic N) is 1. The minimum absolute atomic E-state index is 0.525. The summed E-state index contributed by atoms with van der Waals surface area (Å²) in [5.74, 6) is -0.397. The lowest BCUT2D eigenvalue weighted by atomic mass is 10.1. The smallest absolute Gasteiger partial charge is 0.191 e. The van der Waals surface area contributed by atoms with Crippen LogP contribution in [0.1, 0.15) is 18.1 Å². The van der Waals surface area contributed by atoms with Gasteiger partial charge in [-0.2, -0.15) is 11.3 Å². The fourth-order valence-corrected chi connectivity index (χ4v) is 2.64. The van der Waals surface area contributed by atoms with E-state index in [2.05, 4.69) is 21.0 Å². The van der Waals surface area contributed by atoms with Crippen molar-refractivity contribution in [3.8, 4) is 0 Å². The molecule has 118 valence electrons. The Hall–Kier alpha value is -1.95. The van der Waals surface area contributed by atoms with Crippen LogP contribution >= 0.6 is 11.3 Å². The van der Waals surface area contributed by atoms with Crippen molar-refractivity contribution in [2.45, 2.75) is 19.9 Å². The Morgan fingerprint density at radius 3 is 2.55 bits per heavy atom. The lowest BCUT2D eigenvalue weighted by Gasteiger charge is -2.11. The van der Waals surface area contributed by atoms with Gasteiger partial charge in [-0.25, -0.2) is 13.8 Å². The maximum Gasteiger partial charge on any atom is 0.191 e. The van der Waals surface area contributed by atoms with E-state index < -0.39 is 11.6 Å². The fraction of sp³-hybridized carbons (Fsp3) is 0.312. The van der Waals surface area contributed by atoms with E-state index in [-0.39, 0.29) is 0 Å². The zero-order valence-corrected chi connectivity index (χ0v) is 13.2. The molecule has 2 rings (SSSR count). The Kier molecular flexibility index (Phi) is 6.33. The molecule has 0 saturated heterocycles. The maximum absolute atomic E-state index is 13.1. The van der Waals surface area contributed by atoms with E-state index in [1.807, 2.05) is 18.4 Å². The van der Waals surface area contributed by atoms with E-state index >= 15 is 0 Å². The predicted molar refractivity (Wildman–Crippen MR) is 87.2 cm³/mol. The van der Waals surface area contributed by atoms with Gasteiger partial charge in [0.15, 0.2) is 5.96 Å². The van der Waals surface area contributed by atoms with Gasteiger partial charge in [0.1, 0.15) is 11.6 Å². The fourth-order valence-electron chi connectivity index (χ4n) is 1.98. The molecule has 0 unspecified atom stereocenters. The molecule has 1 heterocycles. The third-order valence-electron chi connectivity index (χ3n) is 2.97. The first-order valence-electron chi connectivity index (χ1n) is 7.15. The number of benzene rings is 1. The average Bonchev–Trinajstić information content (AvgIpc) is 2.97. The van der Waals surface area contributed by atoms with Gasteiger partial charge in [-0.05, 0) is 53.4 Å². The molecule has 0 aliphatic rings. The van der Waals surface area contributed by atoms with Crippen molar-refractivity contribution in [1.29, 1.82) is 0 Å². The molecule has 0 bridgehead atoms. The van der Waals surface area contributed by atoms with Crippen LogP contribution in [0.2, 0.25) is 0 Å². The zero-order chi connectivity index (χ0) is 15.8. The molecule has 0 saturated carbocycles. The van der Waals surface area contributed by atoms with Crippen LogP contribution in [0, 0.1) is 11.6 Å². The highest BCUT2D eigenvalue weighted by Gasteiger charge is 2.02. The SMILES string of the molecule is CCNC(=NCc1ccsc1)NCCc1cc(F)cc(F)c1. The Morgan fingerprint density at radius 2 is 1.91 bits per heavy atom. The van der Waals surface area contributed by atoms with Crippen molar-refractivity contribution in [3.05, 3.63) is 57.8 Å². The van der Waals surface area contributed by atoms with Crippen LogP contribution in [0.15, 0.2) is 40.0 Å². The van der Waals surface area contributed by atoms with E-state index in [1.54, 1.807) is 11.3 Å². The third kappa shape index (κ3) is 5.44. The molecule has 0 atom stereocenters. The first-order valence-corrected chi connectivity index (χ1v) is 8.10. The van der Waals surface area contributed by atoms with Crippen molar-refractivity contribution < 1.29 is 8.78 Å². The van der Waals surface area contributed by atoms with Crippen LogP contribution in [-0.2, 0) is 13.0 Å². The predicted octanol–water partition coefficient (Wildman–Crippen LogP) is 3.32. The largest absolute Gasteiger partial charge is 0.357 e. The minimum atomic E-state index is -0.548. The molecule has 3 nitrogen and oxygen atoms in total. The summed E-state index contributed by atoms with van der Waals surface area (Å²) in [4.78, 5) is 4.48. The molecule has 0 fully saturated rings.